The molecule has 1 aliphatic carbocycles. The Labute approximate surface area is 120 Å². The number of hydrogen-bond acceptors (Lipinski definition) is 1. The molecule has 0 fully saturated rings. The largest absolute Gasteiger partial charge is 0.388 e. The number of rotatable bonds is 2. The van der Waals surface area contributed by atoms with Crippen LogP contribution in [0.3, 0.4) is 0 Å². The minimum Gasteiger partial charge on any atom is -0.388 e. The first-order chi connectivity index (χ1) is 9.11. The van der Waals surface area contributed by atoms with E-state index in [9.17, 15) is 9.50 Å². The van der Waals surface area contributed by atoms with E-state index < -0.39 is 0 Å². The molecular formula is C15H15BrFNO. The number of halogens is 2. The quantitative estimate of drug-likeness (QED) is 0.893. The van der Waals surface area contributed by atoms with Gasteiger partial charge in [0.1, 0.15) is 5.82 Å². The summed E-state index contributed by atoms with van der Waals surface area (Å²) in [4.78, 5) is 0. The number of aliphatic hydroxyl groups excluding tert-OH is 1. The Morgan fingerprint density at radius 2 is 2.16 bits per heavy atom. The predicted octanol–water partition coefficient (Wildman–Crippen LogP) is 3.81. The second-order valence-electron chi connectivity index (χ2n) is 5.10. The normalized spacial score (nSPS) is 18.4. The molecular weight excluding hydrogens is 309 g/mol. The molecule has 0 saturated carbocycles. The van der Waals surface area contributed by atoms with E-state index in [0.717, 1.165) is 34.9 Å². The molecule has 1 aromatic carbocycles. The Hall–Kier alpha value is -1.13. The van der Waals surface area contributed by atoms with Gasteiger partial charge in [-0.3, -0.25) is 0 Å². The van der Waals surface area contributed by atoms with Gasteiger partial charge in [-0.25, -0.2) is 4.39 Å². The summed E-state index contributed by atoms with van der Waals surface area (Å²) in [5, 5.41) is 9.95. The van der Waals surface area contributed by atoms with Crippen molar-refractivity contribution in [3.63, 3.8) is 0 Å². The summed E-state index contributed by atoms with van der Waals surface area (Å²) in [6, 6.07) is 4.91. The number of hydrogen-bond donors (Lipinski definition) is 1. The van der Waals surface area contributed by atoms with Crippen molar-refractivity contribution < 1.29 is 9.50 Å². The van der Waals surface area contributed by atoms with Crippen molar-refractivity contribution in [3.8, 4) is 0 Å². The number of nitrogens with zero attached hydrogens (tertiary/aromatic N) is 1. The molecule has 1 aliphatic rings. The molecule has 1 unspecified atom stereocenters. The van der Waals surface area contributed by atoms with E-state index in [1.165, 1.54) is 11.6 Å². The lowest BCUT2D eigenvalue weighted by Crippen LogP contribution is -2.05. The van der Waals surface area contributed by atoms with Crippen LogP contribution >= 0.6 is 15.9 Å². The van der Waals surface area contributed by atoms with Crippen LogP contribution in [0.25, 0.3) is 0 Å². The second kappa shape index (κ2) is 5.10. The topological polar surface area (TPSA) is 25.2 Å². The lowest BCUT2D eigenvalue weighted by molar-refractivity contribution is 0.157. The van der Waals surface area contributed by atoms with Gasteiger partial charge in [0, 0.05) is 29.0 Å². The fourth-order valence-corrected chi connectivity index (χ4v) is 3.24. The van der Waals surface area contributed by atoms with Crippen LogP contribution < -0.4 is 0 Å². The zero-order chi connectivity index (χ0) is 13.4. The number of aromatic nitrogens is 1. The molecule has 4 heteroatoms. The molecule has 0 radical (unpaired) electrons. The molecule has 2 aromatic rings. The van der Waals surface area contributed by atoms with E-state index in [0.29, 0.717) is 6.54 Å². The first-order valence-electron chi connectivity index (χ1n) is 6.43. The van der Waals surface area contributed by atoms with Crippen molar-refractivity contribution >= 4 is 15.9 Å². The standard InChI is InChI=1S/C15H15BrFNO/c16-12-4-10(5-13(17)6-12)7-18-8-11-2-1-3-15(19)14(11)9-18/h4-6,8-9,15,19H,1-3,7H2. The van der Waals surface area contributed by atoms with Gasteiger partial charge in [0.05, 0.1) is 6.10 Å². The lowest BCUT2D eigenvalue weighted by atomic mass is 9.93. The van der Waals surface area contributed by atoms with Gasteiger partial charge in [-0.05, 0) is 48.6 Å². The molecule has 1 heterocycles. The average Bonchev–Trinajstić information content (AvgIpc) is 2.71. The van der Waals surface area contributed by atoms with Gasteiger partial charge in [-0.1, -0.05) is 15.9 Å². The maximum Gasteiger partial charge on any atom is 0.124 e. The summed E-state index contributed by atoms with van der Waals surface area (Å²) in [5.74, 6) is -0.235. The summed E-state index contributed by atoms with van der Waals surface area (Å²) in [5.41, 5.74) is 3.16. The predicted molar refractivity (Wildman–Crippen MR) is 75.5 cm³/mol. The summed E-state index contributed by atoms with van der Waals surface area (Å²) in [6.07, 6.45) is 6.59. The van der Waals surface area contributed by atoms with Crippen LogP contribution in [-0.2, 0) is 13.0 Å². The molecule has 2 nitrogen and oxygen atoms in total. The molecule has 1 N–H and O–H groups in total. The molecule has 1 atom stereocenters. The zero-order valence-corrected chi connectivity index (χ0v) is 12.0. The van der Waals surface area contributed by atoms with Crippen LogP contribution in [0.4, 0.5) is 4.39 Å². The van der Waals surface area contributed by atoms with Crippen molar-refractivity contribution in [1.82, 2.24) is 4.57 Å². The third-order valence-electron chi connectivity index (χ3n) is 3.57. The Morgan fingerprint density at radius 3 is 2.89 bits per heavy atom. The summed E-state index contributed by atoms with van der Waals surface area (Å²) >= 11 is 3.30. The molecule has 0 aliphatic heterocycles. The van der Waals surface area contributed by atoms with Crippen LogP contribution in [-0.4, -0.2) is 9.67 Å². The number of aliphatic hydroxyl groups is 1. The lowest BCUT2D eigenvalue weighted by Gasteiger charge is -2.16. The van der Waals surface area contributed by atoms with Gasteiger partial charge in [0.2, 0.25) is 0 Å². The molecule has 0 amide bonds. The van der Waals surface area contributed by atoms with Crippen molar-refractivity contribution in [1.29, 1.82) is 0 Å². The van der Waals surface area contributed by atoms with Crippen molar-refractivity contribution in [2.24, 2.45) is 0 Å². The van der Waals surface area contributed by atoms with Gasteiger partial charge in [-0.15, -0.1) is 0 Å². The first kappa shape index (κ1) is 12.9. The van der Waals surface area contributed by atoms with Crippen LogP contribution in [0.5, 0.6) is 0 Å². The van der Waals surface area contributed by atoms with E-state index in [1.54, 1.807) is 6.07 Å². The number of aryl methyl sites for hydroxylation is 1. The van der Waals surface area contributed by atoms with Gasteiger partial charge in [0.15, 0.2) is 0 Å². The molecule has 100 valence electrons. The summed E-state index contributed by atoms with van der Waals surface area (Å²) in [7, 11) is 0. The Balaban J connectivity index is 1.87. The van der Waals surface area contributed by atoms with Crippen molar-refractivity contribution in [3.05, 3.63) is 57.6 Å². The molecule has 1 aromatic heterocycles. The Kier molecular flexibility index (Phi) is 3.46. The molecule has 0 bridgehead atoms. The molecule has 3 rings (SSSR count). The maximum absolute atomic E-state index is 13.3. The molecule has 0 saturated heterocycles. The van der Waals surface area contributed by atoms with Crippen molar-refractivity contribution in [2.75, 3.05) is 0 Å². The summed E-state index contributed by atoms with van der Waals surface area (Å²) < 4.78 is 16.1. The minimum atomic E-state index is -0.343. The minimum absolute atomic E-state index is 0.235. The molecule has 19 heavy (non-hydrogen) atoms. The van der Waals surface area contributed by atoms with E-state index in [4.69, 9.17) is 0 Å². The Morgan fingerprint density at radius 1 is 1.32 bits per heavy atom. The van der Waals surface area contributed by atoms with Crippen molar-refractivity contribution in [2.45, 2.75) is 31.9 Å². The van der Waals surface area contributed by atoms with Gasteiger partial charge in [-0.2, -0.15) is 0 Å². The number of fused-ring (bicyclic) bond motifs is 1. The third kappa shape index (κ3) is 2.74. The SMILES string of the molecule is OC1CCCc2cn(Cc3cc(F)cc(Br)c3)cc21. The Bertz CT molecular complexity index is 588. The average molecular weight is 324 g/mol. The zero-order valence-electron chi connectivity index (χ0n) is 10.4. The highest BCUT2D eigenvalue weighted by molar-refractivity contribution is 9.10. The van der Waals surface area contributed by atoms with Crippen LogP contribution in [0.15, 0.2) is 35.1 Å². The van der Waals surface area contributed by atoms with Crippen LogP contribution in [0.1, 0.15) is 35.6 Å². The monoisotopic (exact) mass is 323 g/mol. The summed E-state index contributed by atoms with van der Waals surface area (Å²) in [6.45, 7) is 0.621. The van der Waals surface area contributed by atoms with Gasteiger partial charge < -0.3 is 9.67 Å². The third-order valence-corrected chi connectivity index (χ3v) is 4.03. The van der Waals surface area contributed by atoms with Gasteiger partial charge in [0.25, 0.3) is 0 Å². The maximum atomic E-state index is 13.3. The second-order valence-corrected chi connectivity index (χ2v) is 6.01. The van der Waals surface area contributed by atoms with E-state index in [2.05, 4.69) is 22.1 Å². The van der Waals surface area contributed by atoms with Crippen LogP contribution in [0, 0.1) is 5.82 Å². The van der Waals surface area contributed by atoms with E-state index in [1.807, 2.05) is 16.8 Å². The highest BCUT2D eigenvalue weighted by Gasteiger charge is 2.19. The molecule has 0 spiro atoms. The van der Waals surface area contributed by atoms with E-state index >= 15 is 0 Å². The smallest absolute Gasteiger partial charge is 0.124 e. The van der Waals surface area contributed by atoms with Gasteiger partial charge >= 0.3 is 0 Å². The van der Waals surface area contributed by atoms with Crippen LogP contribution in [0.2, 0.25) is 0 Å². The highest BCUT2D eigenvalue weighted by Crippen LogP contribution is 2.30. The first-order valence-corrected chi connectivity index (χ1v) is 7.23. The fourth-order valence-electron chi connectivity index (χ4n) is 2.73. The van der Waals surface area contributed by atoms with E-state index in [-0.39, 0.29) is 11.9 Å². The fraction of sp³-hybridized carbons (Fsp3) is 0.333. The number of benzene rings is 1. The highest BCUT2D eigenvalue weighted by atomic mass is 79.9.